The van der Waals surface area contributed by atoms with Gasteiger partial charge in [-0.3, -0.25) is 19.2 Å². The third kappa shape index (κ3) is 8.30. The first-order chi connectivity index (χ1) is 21.7. The number of rotatable bonds is 6. The van der Waals surface area contributed by atoms with Crippen LogP contribution in [0.2, 0.25) is 0 Å². The maximum absolute atomic E-state index is 13.9. The monoisotopic (exact) mass is 616 g/mol. The van der Waals surface area contributed by atoms with E-state index in [0.29, 0.717) is 71.2 Å². The lowest BCUT2D eigenvalue weighted by molar-refractivity contribution is -0.141. The predicted molar refractivity (Wildman–Crippen MR) is 169 cm³/mol. The Bertz CT molecular complexity index is 1370. The minimum atomic E-state index is -0.751. The smallest absolute Gasteiger partial charge is 0.245 e. The van der Waals surface area contributed by atoms with E-state index in [9.17, 15) is 24.3 Å². The number of aromatic hydroxyl groups is 1. The molecule has 4 amide bonds. The first kappa shape index (κ1) is 32.2. The zero-order valence-electron chi connectivity index (χ0n) is 25.9. The number of hydrogen-bond donors (Lipinski definition) is 4. The highest BCUT2D eigenvalue weighted by molar-refractivity contribution is 5.91. The number of ether oxygens (including phenoxy) is 1. The highest BCUT2D eigenvalue weighted by atomic mass is 16.5. The van der Waals surface area contributed by atoms with Gasteiger partial charge >= 0.3 is 0 Å². The first-order valence-corrected chi connectivity index (χ1v) is 15.9. The van der Waals surface area contributed by atoms with Crippen molar-refractivity contribution < 1.29 is 29.0 Å². The quantitative estimate of drug-likeness (QED) is 0.369. The van der Waals surface area contributed by atoms with Gasteiger partial charge in [0.05, 0.1) is 5.41 Å². The number of nitrogens with zero attached hydrogens (tertiary/aromatic N) is 1. The molecule has 2 saturated heterocycles. The molecule has 2 aromatic rings. The summed E-state index contributed by atoms with van der Waals surface area (Å²) in [6.45, 7) is 3.24. The van der Waals surface area contributed by atoms with Crippen molar-refractivity contribution >= 4 is 23.6 Å². The van der Waals surface area contributed by atoms with E-state index in [1.54, 1.807) is 29.2 Å². The number of phenolic OH excluding ortho intramolecular Hbond substituents is 1. The Hall–Kier alpha value is -4.18. The second kappa shape index (κ2) is 14.7. The molecule has 2 fully saturated rings. The second-order valence-electron chi connectivity index (χ2n) is 12.6. The van der Waals surface area contributed by atoms with E-state index < -0.39 is 17.5 Å². The lowest BCUT2D eigenvalue weighted by Gasteiger charge is -2.41. The van der Waals surface area contributed by atoms with Gasteiger partial charge in [-0.1, -0.05) is 54.6 Å². The van der Waals surface area contributed by atoms with Crippen molar-refractivity contribution in [2.24, 2.45) is 11.3 Å². The van der Waals surface area contributed by atoms with Gasteiger partial charge in [0.15, 0.2) is 0 Å². The lowest BCUT2D eigenvalue weighted by Crippen LogP contribution is -2.60. The van der Waals surface area contributed by atoms with Crippen LogP contribution in [0, 0.1) is 11.3 Å². The van der Waals surface area contributed by atoms with E-state index >= 15 is 0 Å². The van der Waals surface area contributed by atoms with Gasteiger partial charge in [0.2, 0.25) is 23.6 Å². The second-order valence-corrected chi connectivity index (χ2v) is 12.6. The number of piperidine rings is 1. The minimum Gasteiger partial charge on any atom is -0.508 e. The Balaban J connectivity index is 1.36. The van der Waals surface area contributed by atoms with Gasteiger partial charge in [-0.15, -0.1) is 0 Å². The molecule has 4 atom stereocenters. The Morgan fingerprint density at radius 2 is 1.76 bits per heavy atom. The van der Waals surface area contributed by atoms with Gasteiger partial charge in [0.25, 0.3) is 0 Å². The van der Waals surface area contributed by atoms with Crippen LogP contribution in [0.4, 0.5) is 0 Å². The van der Waals surface area contributed by atoms with Crippen molar-refractivity contribution in [2.45, 2.75) is 70.0 Å². The molecule has 0 aliphatic carbocycles. The zero-order valence-corrected chi connectivity index (χ0v) is 25.9. The van der Waals surface area contributed by atoms with E-state index in [2.05, 4.69) is 28.1 Å². The Morgan fingerprint density at radius 1 is 1.02 bits per heavy atom. The number of phenols is 1. The zero-order chi connectivity index (χ0) is 31.8. The maximum atomic E-state index is 13.9. The molecule has 10 nitrogen and oxygen atoms in total. The number of carbonyl (C=O) groups is 4. The van der Waals surface area contributed by atoms with Crippen LogP contribution in [0.25, 0.3) is 0 Å². The average molecular weight is 617 g/mol. The molecule has 3 aliphatic heterocycles. The summed E-state index contributed by atoms with van der Waals surface area (Å²) in [5.74, 6) is -0.717. The molecule has 3 aliphatic rings. The number of amides is 4. The SMILES string of the molecule is CC(=O)N[C@@H](Cc1ccc(O)cc1)C(=O)N1CC[C@@H]2NC(=O)[C@@H](Cc3ccccc3)NC(=O)C3(C/C=C/C[C@H]2C1)CCOCC3. The Morgan fingerprint density at radius 3 is 2.47 bits per heavy atom. The van der Waals surface area contributed by atoms with Crippen molar-refractivity contribution in [3.8, 4) is 5.75 Å². The average Bonchev–Trinajstić information content (AvgIpc) is 3.04. The van der Waals surface area contributed by atoms with Crippen LogP contribution in [-0.2, 0) is 36.8 Å². The maximum Gasteiger partial charge on any atom is 0.245 e. The molecular weight excluding hydrogens is 572 g/mol. The molecule has 0 bridgehead atoms. The molecule has 0 saturated carbocycles. The van der Waals surface area contributed by atoms with Crippen LogP contribution < -0.4 is 16.0 Å². The molecule has 0 aromatic heterocycles. The van der Waals surface area contributed by atoms with Gasteiger partial charge in [-0.2, -0.15) is 0 Å². The van der Waals surface area contributed by atoms with E-state index in [1.165, 1.54) is 6.92 Å². The van der Waals surface area contributed by atoms with Crippen LogP contribution in [-0.4, -0.2) is 78.1 Å². The van der Waals surface area contributed by atoms with Crippen LogP contribution >= 0.6 is 0 Å². The largest absolute Gasteiger partial charge is 0.508 e. The van der Waals surface area contributed by atoms with Gasteiger partial charge in [-0.25, -0.2) is 0 Å². The molecule has 2 aromatic carbocycles. The fourth-order valence-electron chi connectivity index (χ4n) is 6.71. The predicted octanol–water partition coefficient (Wildman–Crippen LogP) is 2.65. The first-order valence-electron chi connectivity index (χ1n) is 15.9. The summed E-state index contributed by atoms with van der Waals surface area (Å²) < 4.78 is 5.59. The molecule has 4 N–H and O–H groups in total. The summed E-state index contributed by atoms with van der Waals surface area (Å²) in [6.07, 6.45) is 7.73. The molecular formula is C35H44N4O6. The fourth-order valence-corrected chi connectivity index (χ4v) is 6.71. The van der Waals surface area contributed by atoms with Crippen LogP contribution in [0.15, 0.2) is 66.7 Å². The Kier molecular flexibility index (Phi) is 10.5. The summed E-state index contributed by atoms with van der Waals surface area (Å²) >= 11 is 0. The van der Waals surface area contributed by atoms with Crippen molar-refractivity contribution in [1.82, 2.24) is 20.9 Å². The topological polar surface area (TPSA) is 137 Å². The highest BCUT2D eigenvalue weighted by Crippen LogP contribution is 2.36. The molecule has 45 heavy (non-hydrogen) atoms. The summed E-state index contributed by atoms with van der Waals surface area (Å²) in [7, 11) is 0. The number of allylic oxidation sites excluding steroid dienone is 2. The number of carbonyl (C=O) groups excluding carboxylic acids is 4. The van der Waals surface area contributed by atoms with Gasteiger partial charge in [0, 0.05) is 58.0 Å². The summed E-state index contributed by atoms with van der Waals surface area (Å²) in [6, 6.07) is 14.6. The molecule has 0 unspecified atom stereocenters. The fraction of sp³-hybridized carbons (Fsp3) is 0.486. The molecule has 1 spiro atoms. The van der Waals surface area contributed by atoms with Crippen LogP contribution in [0.1, 0.15) is 50.2 Å². The molecule has 3 heterocycles. The van der Waals surface area contributed by atoms with E-state index in [0.717, 1.165) is 11.1 Å². The lowest BCUT2D eigenvalue weighted by atomic mass is 9.75. The number of fused-ring (bicyclic) bond motifs is 1. The highest BCUT2D eigenvalue weighted by Gasteiger charge is 2.42. The summed E-state index contributed by atoms with van der Waals surface area (Å²) in [5.41, 5.74) is 1.14. The van der Waals surface area contributed by atoms with Gasteiger partial charge in [0.1, 0.15) is 17.8 Å². The number of nitrogens with one attached hydrogen (secondary N) is 3. The standard InChI is InChI=1S/C35H44N4O6/c1-24(40)36-31(22-26-10-12-28(41)13-11-26)33(43)39-18-14-29-27(23-39)9-5-6-15-35(16-19-45-20-17-35)34(44)38-30(32(42)37-29)21-25-7-3-2-4-8-25/h2-8,10-13,27,29-31,41H,9,14-23H2,1H3,(H,36,40)(H,37,42)(H,38,44)/b6-5+/t27-,29-,30+,31-/m0/s1. The van der Waals surface area contributed by atoms with Crippen molar-refractivity contribution in [3.05, 3.63) is 77.9 Å². The van der Waals surface area contributed by atoms with Crippen LogP contribution in [0.3, 0.4) is 0 Å². The molecule has 240 valence electrons. The van der Waals surface area contributed by atoms with E-state index in [4.69, 9.17) is 4.74 Å². The van der Waals surface area contributed by atoms with Gasteiger partial charge in [-0.05, 0) is 55.4 Å². The number of benzene rings is 2. The van der Waals surface area contributed by atoms with Crippen molar-refractivity contribution in [2.75, 3.05) is 26.3 Å². The molecule has 5 rings (SSSR count). The summed E-state index contributed by atoms with van der Waals surface area (Å²) in [5, 5.41) is 18.8. The third-order valence-electron chi connectivity index (χ3n) is 9.38. The van der Waals surface area contributed by atoms with Crippen molar-refractivity contribution in [3.63, 3.8) is 0 Å². The normalized spacial score (nSPS) is 25.0. The minimum absolute atomic E-state index is 0.0484. The third-order valence-corrected chi connectivity index (χ3v) is 9.38. The van der Waals surface area contributed by atoms with Gasteiger partial charge < -0.3 is 30.7 Å². The number of hydrogen-bond acceptors (Lipinski definition) is 6. The summed E-state index contributed by atoms with van der Waals surface area (Å²) in [4.78, 5) is 55.3. The molecule has 0 radical (unpaired) electrons. The van der Waals surface area contributed by atoms with Crippen molar-refractivity contribution in [1.29, 1.82) is 0 Å². The van der Waals surface area contributed by atoms with E-state index in [-0.39, 0.29) is 41.3 Å². The Labute approximate surface area is 264 Å². The number of likely N-dealkylation sites (tertiary alicyclic amines) is 1. The van der Waals surface area contributed by atoms with Crippen LogP contribution in [0.5, 0.6) is 5.75 Å². The molecule has 10 heteroatoms. The van der Waals surface area contributed by atoms with E-state index in [1.807, 2.05) is 30.3 Å².